The van der Waals surface area contributed by atoms with E-state index in [1.165, 1.54) is 0 Å². The first-order valence-corrected chi connectivity index (χ1v) is 5.63. The summed E-state index contributed by atoms with van der Waals surface area (Å²) >= 11 is 6.12. The molecule has 2 rings (SSSR count). The number of ether oxygens (including phenoxy) is 1. The number of aromatic nitrogens is 1. The number of pyridine rings is 1. The van der Waals surface area contributed by atoms with Gasteiger partial charge in [0.2, 0.25) is 5.88 Å². The third-order valence-electron chi connectivity index (χ3n) is 2.50. The normalized spacial score (nSPS) is 10.3. The summed E-state index contributed by atoms with van der Waals surface area (Å²) < 4.78 is 5.20. The van der Waals surface area contributed by atoms with E-state index in [1.54, 1.807) is 7.11 Å². The third-order valence-corrected chi connectivity index (χ3v) is 2.83. The summed E-state index contributed by atoms with van der Waals surface area (Å²) in [6.07, 6.45) is 0. The number of rotatable bonds is 3. The van der Waals surface area contributed by atoms with Gasteiger partial charge in [-0.1, -0.05) is 35.9 Å². The molecule has 0 spiro atoms. The minimum Gasteiger partial charge on any atom is -0.481 e. The molecule has 1 aromatic carbocycles. The van der Waals surface area contributed by atoms with E-state index in [0.717, 1.165) is 16.8 Å². The Morgan fingerprint density at radius 2 is 2.00 bits per heavy atom. The lowest BCUT2D eigenvalue weighted by Gasteiger charge is -2.09. The standard InChI is InChI=1S/C13H13ClN2O/c1-17-13-9(8-15)6-7-12(16-13)10-4-2-3-5-11(10)14/h2-7H,8,15H2,1H3. The first kappa shape index (κ1) is 11.9. The van der Waals surface area contributed by atoms with Gasteiger partial charge in [0.05, 0.1) is 12.8 Å². The van der Waals surface area contributed by atoms with Gasteiger partial charge >= 0.3 is 0 Å². The Labute approximate surface area is 105 Å². The van der Waals surface area contributed by atoms with E-state index < -0.39 is 0 Å². The smallest absolute Gasteiger partial charge is 0.218 e. The summed E-state index contributed by atoms with van der Waals surface area (Å²) in [7, 11) is 1.58. The average molecular weight is 249 g/mol. The number of benzene rings is 1. The highest BCUT2D eigenvalue weighted by atomic mass is 35.5. The highest BCUT2D eigenvalue weighted by Gasteiger charge is 2.08. The lowest BCUT2D eigenvalue weighted by molar-refractivity contribution is 0.393. The van der Waals surface area contributed by atoms with Crippen molar-refractivity contribution in [3.05, 3.63) is 47.0 Å². The summed E-state index contributed by atoms with van der Waals surface area (Å²) in [5, 5.41) is 0.669. The van der Waals surface area contributed by atoms with Gasteiger partial charge in [-0.2, -0.15) is 0 Å². The lowest BCUT2D eigenvalue weighted by atomic mass is 10.1. The van der Waals surface area contributed by atoms with Crippen LogP contribution in [0.4, 0.5) is 0 Å². The highest BCUT2D eigenvalue weighted by molar-refractivity contribution is 6.33. The maximum Gasteiger partial charge on any atom is 0.218 e. The molecule has 0 radical (unpaired) electrons. The summed E-state index contributed by atoms with van der Waals surface area (Å²) in [6.45, 7) is 0.402. The van der Waals surface area contributed by atoms with Gasteiger partial charge in [-0.25, -0.2) is 4.98 Å². The number of hydrogen-bond acceptors (Lipinski definition) is 3. The van der Waals surface area contributed by atoms with Crippen LogP contribution in [0.1, 0.15) is 5.56 Å². The van der Waals surface area contributed by atoms with E-state index in [-0.39, 0.29) is 0 Å². The van der Waals surface area contributed by atoms with Crippen molar-refractivity contribution in [2.24, 2.45) is 5.73 Å². The fourth-order valence-corrected chi connectivity index (χ4v) is 1.85. The largest absolute Gasteiger partial charge is 0.481 e. The Morgan fingerprint density at radius 3 is 2.65 bits per heavy atom. The van der Waals surface area contributed by atoms with E-state index in [1.807, 2.05) is 36.4 Å². The third kappa shape index (κ3) is 2.40. The minimum absolute atomic E-state index is 0.402. The van der Waals surface area contributed by atoms with Crippen LogP contribution in [-0.2, 0) is 6.54 Å². The molecule has 0 amide bonds. The Morgan fingerprint density at radius 1 is 1.24 bits per heavy atom. The molecule has 1 heterocycles. The molecule has 0 unspecified atom stereocenters. The van der Waals surface area contributed by atoms with Gasteiger partial charge in [0.25, 0.3) is 0 Å². The van der Waals surface area contributed by atoms with Gasteiger partial charge < -0.3 is 10.5 Å². The average Bonchev–Trinajstić information content (AvgIpc) is 2.38. The van der Waals surface area contributed by atoms with Crippen molar-refractivity contribution >= 4 is 11.6 Å². The summed E-state index contributed by atoms with van der Waals surface area (Å²) in [5.41, 5.74) is 8.14. The number of halogens is 1. The van der Waals surface area contributed by atoms with Crippen molar-refractivity contribution in [2.45, 2.75) is 6.54 Å². The van der Waals surface area contributed by atoms with Gasteiger partial charge in [-0.05, 0) is 12.1 Å². The van der Waals surface area contributed by atoms with Crippen LogP contribution in [0, 0.1) is 0 Å². The van der Waals surface area contributed by atoms with Crippen molar-refractivity contribution in [3.63, 3.8) is 0 Å². The predicted octanol–water partition coefficient (Wildman–Crippen LogP) is 2.87. The Hall–Kier alpha value is -1.58. The molecular weight excluding hydrogens is 236 g/mol. The summed E-state index contributed by atoms with van der Waals surface area (Å²) in [5.74, 6) is 0.546. The molecule has 0 saturated heterocycles. The van der Waals surface area contributed by atoms with Gasteiger partial charge in [0, 0.05) is 22.7 Å². The second-order valence-electron chi connectivity index (χ2n) is 3.55. The van der Waals surface area contributed by atoms with Crippen LogP contribution in [-0.4, -0.2) is 12.1 Å². The SMILES string of the molecule is COc1nc(-c2ccccc2Cl)ccc1CN. The first-order chi connectivity index (χ1) is 8.26. The lowest BCUT2D eigenvalue weighted by Crippen LogP contribution is -2.02. The molecular formula is C13H13ClN2O. The molecule has 0 saturated carbocycles. The monoisotopic (exact) mass is 248 g/mol. The maximum absolute atomic E-state index is 6.12. The van der Waals surface area contributed by atoms with Crippen LogP contribution < -0.4 is 10.5 Å². The number of nitrogens with zero attached hydrogens (tertiary/aromatic N) is 1. The molecule has 0 aliphatic carbocycles. The van der Waals surface area contributed by atoms with E-state index in [9.17, 15) is 0 Å². The van der Waals surface area contributed by atoms with Gasteiger partial charge in [0.1, 0.15) is 0 Å². The second kappa shape index (κ2) is 5.17. The van der Waals surface area contributed by atoms with Gasteiger partial charge in [-0.3, -0.25) is 0 Å². The molecule has 3 nitrogen and oxygen atoms in total. The molecule has 88 valence electrons. The van der Waals surface area contributed by atoms with Crippen LogP contribution in [0.25, 0.3) is 11.3 Å². The maximum atomic E-state index is 6.12. The number of methoxy groups -OCH3 is 1. The second-order valence-corrected chi connectivity index (χ2v) is 3.96. The zero-order valence-electron chi connectivity index (χ0n) is 9.48. The van der Waals surface area contributed by atoms with Crippen LogP contribution in [0.2, 0.25) is 5.02 Å². The van der Waals surface area contributed by atoms with Gasteiger partial charge in [-0.15, -0.1) is 0 Å². The van der Waals surface area contributed by atoms with Crippen LogP contribution in [0.15, 0.2) is 36.4 Å². The molecule has 17 heavy (non-hydrogen) atoms. The molecule has 1 aromatic heterocycles. The van der Waals surface area contributed by atoms with Crippen molar-refractivity contribution in [3.8, 4) is 17.1 Å². The molecule has 0 aliphatic heterocycles. The summed E-state index contributed by atoms with van der Waals surface area (Å²) in [6, 6.07) is 11.4. The molecule has 2 aromatic rings. The molecule has 0 atom stereocenters. The fraction of sp³-hybridized carbons (Fsp3) is 0.154. The predicted molar refractivity (Wildman–Crippen MR) is 69.1 cm³/mol. The molecule has 0 bridgehead atoms. The Balaban J connectivity index is 2.50. The van der Waals surface area contributed by atoms with Gasteiger partial charge in [0.15, 0.2) is 0 Å². The number of nitrogens with two attached hydrogens (primary N) is 1. The van der Waals surface area contributed by atoms with Crippen molar-refractivity contribution in [2.75, 3.05) is 7.11 Å². The zero-order chi connectivity index (χ0) is 12.3. The molecule has 4 heteroatoms. The van der Waals surface area contributed by atoms with Crippen molar-refractivity contribution < 1.29 is 4.74 Å². The van der Waals surface area contributed by atoms with E-state index >= 15 is 0 Å². The van der Waals surface area contributed by atoms with E-state index in [0.29, 0.717) is 17.4 Å². The van der Waals surface area contributed by atoms with Crippen LogP contribution in [0.5, 0.6) is 5.88 Å². The fourth-order valence-electron chi connectivity index (χ4n) is 1.62. The van der Waals surface area contributed by atoms with E-state index in [4.69, 9.17) is 22.1 Å². The molecule has 0 fully saturated rings. The first-order valence-electron chi connectivity index (χ1n) is 5.25. The molecule has 2 N–H and O–H groups in total. The van der Waals surface area contributed by atoms with Crippen molar-refractivity contribution in [1.82, 2.24) is 4.98 Å². The minimum atomic E-state index is 0.402. The van der Waals surface area contributed by atoms with Crippen LogP contribution >= 0.6 is 11.6 Å². The summed E-state index contributed by atoms with van der Waals surface area (Å²) in [4.78, 5) is 4.41. The zero-order valence-corrected chi connectivity index (χ0v) is 10.2. The number of hydrogen-bond donors (Lipinski definition) is 1. The van der Waals surface area contributed by atoms with Crippen molar-refractivity contribution in [1.29, 1.82) is 0 Å². The van der Waals surface area contributed by atoms with E-state index in [2.05, 4.69) is 4.98 Å². The topological polar surface area (TPSA) is 48.1 Å². The quantitative estimate of drug-likeness (QED) is 0.909. The van der Waals surface area contributed by atoms with Crippen LogP contribution in [0.3, 0.4) is 0 Å². The Bertz CT molecular complexity index is 529. The molecule has 0 aliphatic rings. The highest BCUT2D eigenvalue weighted by Crippen LogP contribution is 2.28. The Kier molecular flexibility index (Phi) is 3.61.